The molecule has 2 heterocycles. The van der Waals surface area contributed by atoms with Gasteiger partial charge in [0.2, 0.25) is 0 Å². The molecule has 0 amide bonds. The molecule has 3 rings (SSSR count). The summed E-state index contributed by atoms with van der Waals surface area (Å²) >= 11 is 1.73. The van der Waals surface area contributed by atoms with Crippen LogP contribution in [0.15, 0.2) is 60.1 Å². The summed E-state index contributed by atoms with van der Waals surface area (Å²) in [5, 5.41) is 15.4. The van der Waals surface area contributed by atoms with Gasteiger partial charge >= 0.3 is 0 Å². The first-order valence-corrected chi connectivity index (χ1v) is 8.41. The topological polar surface area (TPSA) is 37.2 Å². The van der Waals surface area contributed by atoms with E-state index in [1.807, 2.05) is 18.3 Å². The van der Waals surface area contributed by atoms with Crippen LogP contribution < -0.4 is 5.32 Å². The van der Waals surface area contributed by atoms with Crippen LogP contribution in [-0.2, 0) is 13.1 Å². The van der Waals surface area contributed by atoms with Crippen molar-refractivity contribution in [3.05, 3.63) is 82.1 Å². The number of nitrogens with one attached hydrogen (secondary N) is 1. The maximum atomic E-state index is 13.6. The summed E-state index contributed by atoms with van der Waals surface area (Å²) in [5.41, 5.74) is 1.47. The highest BCUT2D eigenvalue weighted by molar-refractivity contribution is 7.09. The Kier molecular flexibility index (Phi) is 5.23. The molecule has 0 spiro atoms. The quantitative estimate of drug-likeness (QED) is 0.695. The Bertz CT molecular complexity index is 739. The van der Waals surface area contributed by atoms with E-state index >= 15 is 0 Å². The number of aliphatic hydroxyl groups excluding tert-OH is 1. The lowest BCUT2D eigenvalue weighted by Gasteiger charge is -2.14. The first-order valence-electron chi connectivity index (χ1n) is 7.53. The van der Waals surface area contributed by atoms with Crippen LogP contribution in [0, 0.1) is 5.82 Å². The summed E-state index contributed by atoms with van der Waals surface area (Å²) in [7, 11) is 0. The molecule has 3 nitrogen and oxygen atoms in total. The largest absolute Gasteiger partial charge is 0.387 e. The Morgan fingerprint density at radius 1 is 1.13 bits per heavy atom. The number of aromatic nitrogens is 1. The molecule has 0 radical (unpaired) electrons. The highest BCUT2D eigenvalue weighted by Gasteiger charge is 2.12. The lowest BCUT2D eigenvalue weighted by atomic mass is 10.1. The number of rotatable bonds is 7. The van der Waals surface area contributed by atoms with Gasteiger partial charge in [-0.25, -0.2) is 4.39 Å². The van der Waals surface area contributed by atoms with Crippen LogP contribution in [0.2, 0.25) is 0 Å². The maximum absolute atomic E-state index is 13.6. The Morgan fingerprint density at radius 2 is 2.00 bits per heavy atom. The zero-order chi connectivity index (χ0) is 16.1. The van der Waals surface area contributed by atoms with Crippen molar-refractivity contribution in [2.75, 3.05) is 6.54 Å². The molecular formula is C18H19FN2OS. The number of benzene rings is 1. The summed E-state index contributed by atoms with van der Waals surface area (Å²) in [4.78, 5) is 1.30. The van der Waals surface area contributed by atoms with Crippen molar-refractivity contribution < 1.29 is 9.50 Å². The number of hydrogen-bond acceptors (Lipinski definition) is 3. The van der Waals surface area contributed by atoms with Crippen molar-refractivity contribution in [2.45, 2.75) is 19.2 Å². The first-order chi connectivity index (χ1) is 11.2. The third-order valence-electron chi connectivity index (χ3n) is 3.74. The average molecular weight is 330 g/mol. The van der Waals surface area contributed by atoms with E-state index < -0.39 is 6.10 Å². The van der Waals surface area contributed by atoms with Gasteiger partial charge in [0.15, 0.2) is 0 Å². The van der Waals surface area contributed by atoms with Gasteiger partial charge in [0.05, 0.1) is 12.6 Å². The van der Waals surface area contributed by atoms with Gasteiger partial charge in [-0.15, -0.1) is 11.3 Å². The molecule has 2 N–H and O–H groups in total. The van der Waals surface area contributed by atoms with Crippen molar-refractivity contribution in [1.29, 1.82) is 0 Å². The molecule has 0 bridgehead atoms. The molecular weight excluding hydrogens is 311 g/mol. The standard InChI is InChI=1S/C18H19FN2OS/c19-17-8-2-1-7-16(17)18(22)12-20-11-14-5-3-9-21(14)13-15-6-4-10-23-15/h1-10,18,20,22H,11-13H2. The SMILES string of the molecule is OC(CNCc1cccn1Cc1cccs1)c1ccccc1F. The predicted octanol–water partition coefficient (Wildman–Crippen LogP) is 3.56. The molecule has 5 heteroatoms. The van der Waals surface area contributed by atoms with E-state index in [4.69, 9.17) is 0 Å². The second-order valence-electron chi connectivity index (χ2n) is 5.38. The van der Waals surface area contributed by atoms with E-state index in [1.54, 1.807) is 29.5 Å². The fourth-order valence-corrected chi connectivity index (χ4v) is 3.23. The molecule has 1 unspecified atom stereocenters. The van der Waals surface area contributed by atoms with E-state index in [0.717, 1.165) is 12.2 Å². The van der Waals surface area contributed by atoms with Gasteiger partial charge in [-0.2, -0.15) is 0 Å². The molecule has 3 aromatic rings. The number of aliphatic hydroxyl groups is 1. The minimum absolute atomic E-state index is 0.311. The first kappa shape index (κ1) is 15.9. The van der Waals surface area contributed by atoms with E-state index in [2.05, 4.69) is 27.4 Å². The molecule has 0 aliphatic rings. The number of halogens is 1. The normalized spacial score (nSPS) is 12.4. The summed E-state index contributed by atoms with van der Waals surface area (Å²) in [6.07, 6.45) is 1.20. The minimum atomic E-state index is -0.850. The van der Waals surface area contributed by atoms with Crippen molar-refractivity contribution in [2.24, 2.45) is 0 Å². The third-order valence-corrected chi connectivity index (χ3v) is 4.60. The van der Waals surface area contributed by atoms with Crippen LogP contribution in [-0.4, -0.2) is 16.2 Å². The predicted molar refractivity (Wildman–Crippen MR) is 90.9 cm³/mol. The van der Waals surface area contributed by atoms with Gasteiger partial charge in [-0.05, 0) is 29.6 Å². The van der Waals surface area contributed by atoms with Crippen LogP contribution in [0.1, 0.15) is 22.2 Å². The number of hydrogen-bond donors (Lipinski definition) is 2. The van der Waals surface area contributed by atoms with Crippen molar-refractivity contribution in [1.82, 2.24) is 9.88 Å². The van der Waals surface area contributed by atoms with Crippen LogP contribution in [0.3, 0.4) is 0 Å². The highest BCUT2D eigenvalue weighted by Crippen LogP contribution is 2.16. The van der Waals surface area contributed by atoms with Crippen LogP contribution >= 0.6 is 11.3 Å². The molecule has 0 fully saturated rings. The number of nitrogens with zero attached hydrogens (tertiary/aromatic N) is 1. The smallest absolute Gasteiger partial charge is 0.129 e. The van der Waals surface area contributed by atoms with E-state index in [9.17, 15) is 9.50 Å². The lowest BCUT2D eigenvalue weighted by molar-refractivity contribution is 0.169. The molecule has 120 valence electrons. The molecule has 0 aliphatic carbocycles. The Morgan fingerprint density at radius 3 is 2.78 bits per heavy atom. The maximum Gasteiger partial charge on any atom is 0.129 e. The van der Waals surface area contributed by atoms with E-state index in [0.29, 0.717) is 18.7 Å². The van der Waals surface area contributed by atoms with Crippen molar-refractivity contribution in [3.63, 3.8) is 0 Å². The highest BCUT2D eigenvalue weighted by atomic mass is 32.1. The van der Waals surface area contributed by atoms with Gasteiger partial charge in [0.25, 0.3) is 0 Å². The van der Waals surface area contributed by atoms with Crippen LogP contribution in [0.25, 0.3) is 0 Å². The summed E-state index contributed by atoms with van der Waals surface area (Å²) in [5.74, 6) is -0.372. The molecule has 0 saturated heterocycles. The molecule has 0 saturated carbocycles. The minimum Gasteiger partial charge on any atom is -0.387 e. The molecule has 23 heavy (non-hydrogen) atoms. The Balaban J connectivity index is 1.55. The lowest BCUT2D eigenvalue weighted by Crippen LogP contribution is -2.23. The zero-order valence-corrected chi connectivity index (χ0v) is 13.5. The monoisotopic (exact) mass is 330 g/mol. The van der Waals surface area contributed by atoms with Crippen LogP contribution in [0.5, 0.6) is 0 Å². The van der Waals surface area contributed by atoms with Gasteiger partial charge in [-0.1, -0.05) is 24.3 Å². The van der Waals surface area contributed by atoms with Crippen molar-refractivity contribution in [3.8, 4) is 0 Å². The number of thiophene rings is 1. The van der Waals surface area contributed by atoms with Gasteiger partial charge in [0, 0.05) is 35.4 Å². The Hall–Kier alpha value is -1.95. The van der Waals surface area contributed by atoms with Crippen molar-refractivity contribution >= 4 is 11.3 Å². The molecule has 1 atom stereocenters. The fourth-order valence-electron chi connectivity index (χ4n) is 2.53. The van der Waals surface area contributed by atoms with E-state index in [1.165, 1.54) is 10.9 Å². The van der Waals surface area contributed by atoms with Gasteiger partial charge in [0.1, 0.15) is 5.82 Å². The second kappa shape index (κ2) is 7.55. The van der Waals surface area contributed by atoms with Gasteiger partial charge < -0.3 is 15.0 Å². The summed E-state index contributed by atoms with van der Waals surface area (Å²) in [6, 6.07) is 14.6. The average Bonchev–Trinajstić information content (AvgIpc) is 3.20. The zero-order valence-electron chi connectivity index (χ0n) is 12.7. The van der Waals surface area contributed by atoms with Crippen LogP contribution in [0.4, 0.5) is 4.39 Å². The molecule has 0 aliphatic heterocycles. The second-order valence-corrected chi connectivity index (χ2v) is 6.41. The third kappa shape index (κ3) is 4.07. The molecule has 2 aromatic heterocycles. The fraction of sp³-hybridized carbons (Fsp3) is 0.222. The van der Waals surface area contributed by atoms with E-state index in [-0.39, 0.29) is 5.82 Å². The summed E-state index contributed by atoms with van der Waals surface area (Å²) < 4.78 is 15.8. The van der Waals surface area contributed by atoms with Gasteiger partial charge in [-0.3, -0.25) is 0 Å². The summed E-state index contributed by atoms with van der Waals surface area (Å²) in [6.45, 7) is 1.78. The Labute approximate surface area is 139 Å². The molecule has 1 aromatic carbocycles.